The van der Waals surface area contributed by atoms with Crippen LogP contribution in [0, 0.1) is 6.92 Å². The van der Waals surface area contributed by atoms with Crippen LogP contribution in [0.4, 0.5) is 0 Å². The van der Waals surface area contributed by atoms with E-state index in [0.717, 1.165) is 23.7 Å². The van der Waals surface area contributed by atoms with Gasteiger partial charge in [-0.3, -0.25) is 9.88 Å². The third-order valence-electron chi connectivity index (χ3n) is 2.85. The SMILES string of the molecule is CC[C@@H](c1cnc(C)c(Cl)c1)N(C)CC. The van der Waals surface area contributed by atoms with E-state index >= 15 is 0 Å². The first kappa shape index (κ1) is 12.5. The van der Waals surface area contributed by atoms with Crippen molar-refractivity contribution in [3.63, 3.8) is 0 Å². The molecule has 2 nitrogen and oxygen atoms in total. The Morgan fingerprint density at radius 1 is 1.47 bits per heavy atom. The molecule has 0 aliphatic carbocycles. The first-order valence-electron chi connectivity index (χ1n) is 5.42. The van der Waals surface area contributed by atoms with Crippen molar-refractivity contribution < 1.29 is 0 Å². The average Bonchev–Trinajstić information content (AvgIpc) is 2.24. The molecular weight excluding hydrogens is 208 g/mol. The Kier molecular flexibility index (Phi) is 4.55. The molecule has 1 heterocycles. The number of halogens is 1. The van der Waals surface area contributed by atoms with E-state index in [2.05, 4.69) is 30.8 Å². The molecule has 0 radical (unpaired) electrons. The van der Waals surface area contributed by atoms with Gasteiger partial charge in [0.15, 0.2) is 0 Å². The number of hydrogen-bond acceptors (Lipinski definition) is 2. The smallest absolute Gasteiger partial charge is 0.0621 e. The van der Waals surface area contributed by atoms with Crippen molar-refractivity contribution in [2.45, 2.75) is 33.2 Å². The van der Waals surface area contributed by atoms with Crippen LogP contribution in [0.15, 0.2) is 12.3 Å². The Labute approximate surface area is 97.3 Å². The predicted octanol–water partition coefficient (Wildman–Crippen LogP) is 3.45. The molecule has 0 aliphatic heterocycles. The van der Waals surface area contributed by atoms with Gasteiger partial charge in [0.05, 0.1) is 10.7 Å². The minimum Gasteiger partial charge on any atom is -0.300 e. The number of aromatic nitrogens is 1. The van der Waals surface area contributed by atoms with Crippen LogP contribution in [-0.2, 0) is 0 Å². The third-order valence-corrected chi connectivity index (χ3v) is 3.23. The summed E-state index contributed by atoms with van der Waals surface area (Å²) in [5, 5.41) is 0.760. The number of aryl methyl sites for hydroxylation is 1. The summed E-state index contributed by atoms with van der Waals surface area (Å²) in [5.41, 5.74) is 2.10. The lowest BCUT2D eigenvalue weighted by molar-refractivity contribution is 0.251. The highest BCUT2D eigenvalue weighted by Gasteiger charge is 2.14. The van der Waals surface area contributed by atoms with E-state index in [9.17, 15) is 0 Å². The molecule has 1 atom stereocenters. The van der Waals surface area contributed by atoms with E-state index < -0.39 is 0 Å². The number of nitrogens with zero attached hydrogens (tertiary/aromatic N) is 2. The molecule has 0 aliphatic rings. The lowest BCUT2D eigenvalue weighted by atomic mass is 10.1. The third kappa shape index (κ3) is 2.93. The maximum absolute atomic E-state index is 6.08. The molecule has 0 spiro atoms. The number of rotatable bonds is 4. The first-order valence-corrected chi connectivity index (χ1v) is 5.80. The van der Waals surface area contributed by atoms with Gasteiger partial charge in [0, 0.05) is 12.2 Å². The second-order valence-electron chi connectivity index (χ2n) is 3.83. The second-order valence-corrected chi connectivity index (χ2v) is 4.24. The fourth-order valence-corrected chi connectivity index (χ4v) is 1.90. The van der Waals surface area contributed by atoms with E-state index in [4.69, 9.17) is 11.6 Å². The standard InChI is InChI=1S/C12H19ClN2/c1-5-12(15(4)6-2)10-7-11(13)9(3)14-8-10/h7-8,12H,5-6H2,1-4H3/t12-/m0/s1. The van der Waals surface area contributed by atoms with Crippen molar-refractivity contribution in [1.29, 1.82) is 0 Å². The van der Waals surface area contributed by atoms with Crippen molar-refractivity contribution in [3.05, 3.63) is 28.5 Å². The molecule has 15 heavy (non-hydrogen) atoms. The van der Waals surface area contributed by atoms with Gasteiger partial charge in [0.25, 0.3) is 0 Å². The van der Waals surface area contributed by atoms with E-state index in [1.54, 1.807) is 0 Å². The summed E-state index contributed by atoms with van der Waals surface area (Å²) in [6, 6.07) is 2.45. The molecular formula is C12H19ClN2. The van der Waals surface area contributed by atoms with Crippen LogP contribution >= 0.6 is 11.6 Å². The summed E-state index contributed by atoms with van der Waals surface area (Å²) in [6.45, 7) is 7.30. The van der Waals surface area contributed by atoms with Gasteiger partial charge in [-0.15, -0.1) is 0 Å². The number of pyridine rings is 1. The van der Waals surface area contributed by atoms with Crippen LogP contribution in [0.3, 0.4) is 0 Å². The molecule has 0 saturated heterocycles. The summed E-state index contributed by atoms with van der Waals surface area (Å²) in [5.74, 6) is 0. The monoisotopic (exact) mass is 226 g/mol. The van der Waals surface area contributed by atoms with Gasteiger partial charge >= 0.3 is 0 Å². The van der Waals surface area contributed by atoms with E-state index in [1.807, 2.05) is 19.2 Å². The maximum atomic E-state index is 6.08. The highest BCUT2D eigenvalue weighted by Crippen LogP contribution is 2.25. The topological polar surface area (TPSA) is 16.1 Å². The number of hydrogen-bond donors (Lipinski definition) is 0. The van der Waals surface area contributed by atoms with Crippen LogP contribution in [0.1, 0.15) is 37.6 Å². The fourth-order valence-electron chi connectivity index (χ4n) is 1.73. The van der Waals surface area contributed by atoms with Gasteiger partial charge in [0.2, 0.25) is 0 Å². The highest BCUT2D eigenvalue weighted by atomic mass is 35.5. The van der Waals surface area contributed by atoms with Crippen LogP contribution < -0.4 is 0 Å². The minimum atomic E-state index is 0.417. The van der Waals surface area contributed by atoms with Crippen molar-refractivity contribution in [3.8, 4) is 0 Å². The summed E-state index contributed by atoms with van der Waals surface area (Å²) in [4.78, 5) is 6.61. The Hall–Kier alpha value is -0.600. The molecule has 0 bridgehead atoms. The summed E-state index contributed by atoms with van der Waals surface area (Å²) in [6.07, 6.45) is 3.01. The van der Waals surface area contributed by atoms with Gasteiger partial charge in [-0.25, -0.2) is 0 Å². The molecule has 0 aromatic carbocycles. The van der Waals surface area contributed by atoms with Crippen molar-refractivity contribution >= 4 is 11.6 Å². The summed E-state index contributed by atoms with van der Waals surface area (Å²) in [7, 11) is 2.13. The first-order chi connectivity index (χ1) is 7.10. The van der Waals surface area contributed by atoms with E-state index in [0.29, 0.717) is 6.04 Å². The molecule has 3 heteroatoms. The van der Waals surface area contributed by atoms with Gasteiger partial charge < -0.3 is 0 Å². The van der Waals surface area contributed by atoms with Crippen LogP contribution in [0.2, 0.25) is 5.02 Å². The van der Waals surface area contributed by atoms with Crippen molar-refractivity contribution in [2.24, 2.45) is 0 Å². The zero-order chi connectivity index (χ0) is 11.4. The maximum Gasteiger partial charge on any atom is 0.0621 e. The molecule has 1 rings (SSSR count). The molecule has 0 fully saturated rings. The summed E-state index contributed by atoms with van der Waals surface area (Å²) < 4.78 is 0. The molecule has 0 saturated carbocycles. The predicted molar refractivity (Wildman–Crippen MR) is 65.3 cm³/mol. The second kappa shape index (κ2) is 5.47. The Morgan fingerprint density at radius 2 is 2.13 bits per heavy atom. The Balaban J connectivity index is 2.97. The Morgan fingerprint density at radius 3 is 2.60 bits per heavy atom. The van der Waals surface area contributed by atoms with E-state index in [-0.39, 0.29) is 0 Å². The van der Waals surface area contributed by atoms with Crippen LogP contribution in [0.5, 0.6) is 0 Å². The average molecular weight is 227 g/mol. The summed E-state index contributed by atoms with van der Waals surface area (Å²) >= 11 is 6.08. The lowest BCUT2D eigenvalue weighted by Gasteiger charge is -2.26. The van der Waals surface area contributed by atoms with Crippen molar-refractivity contribution in [2.75, 3.05) is 13.6 Å². The molecule has 0 N–H and O–H groups in total. The van der Waals surface area contributed by atoms with Gasteiger partial charge in [0.1, 0.15) is 0 Å². The van der Waals surface area contributed by atoms with Gasteiger partial charge in [-0.2, -0.15) is 0 Å². The normalized spacial score (nSPS) is 13.2. The van der Waals surface area contributed by atoms with Crippen molar-refractivity contribution in [1.82, 2.24) is 9.88 Å². The molecule has 1 aromatic heterocycles. The lowest BCUT2D eigenvalue weighted by Crippen LogP contribution is -2.23. The van der Waals surface area contributed by atoms with E-state index in [1.165, 1.54) is 5.56 Å². The van der Waals surface area contributed by atoms with Gasteiger partial charge in [-0.05, 0) is 38.6 Å². The zero-order valence-electron chi connectivity index (χ0n) is 9.92. The van der Waals surface area contributed by atoms with Crippen LogP contribution in [0.25, 0.3) is 0 Å². The highest BCUT2D eigenvalue weighted by molar-refractivity contribution is 6.31. The van der Waals surface area contributed by atoms with Gasteiger partial charge in [-0.1, -0.05) is 25.4 Å². The Bertz CT molecular complexity index is 325. The molecule has 84 valence electrons. The molecule has 0 unspecified atom stereocenters. The zero-order valence-corrected chi connectivity index (χ0v) is 10.7. The quantitative estimate of drug-likeness (QED) is 0.782. The van der Waals surface area contributed by atoms with Crippen LogP contribution in [-0.4, -0.2) is 23.5 Å². The largest absolute Gasteiger partial charge is 0.300 e. The minimum absolute atomic E-state index is 0.417. The molecule has 0 amide bonds. The molecule has 1 aromatic rings. The fraction of sp³-hybridized carbons (Fsp3) is 0.583.